The molecule has 2 aromatic carbocycles. The predicted molar refractivity (Wildman–Crippen MR) is 132 cm³/mol. The predicted octanol–water partition coefficient (Wildman–Crippen LogP) is 3.73. The molecule has 2 fully saturated rings. The van der Waals surface area contributed by atoms with Crippen molar-refractivity contribution in [2.45, 2.75) is 24.3 Å². The molecular formula is C27H32N4O3. The molecule has 0 radical (unpaired) electrons. The highest BCUT2D eigenvalue weighted by molar-refractivity contribution is 5.92. The number of likely N-dealkylation sites (tertiary alicyclic amines) is 1. The minimum Gasteiger partial charge on any atom is -0.497 e. The molecule has 1 saturated heterocycles. The van der Waals surface area contributed by atoms with Crippen LogP contribution in [0.3, 0.4) is 0 Å². The largest absolute Gasteiger partial charge is 0.497 e. The second kappa shape index (κ2) is 8.03. The first-order valence-electron chi connectivity index (χ1n) is 12.2. The lowest BCUT2D eigenvalue weighted by atomic mass is 9.68. The van der Waals surface area contributed by atoms with Gasteiger partial charge in [0.1, 0.15) is 5.75 Å². The molecule has 1 aliphatic carbocycles. The Kier molecular flexibility index (Phi) is 5.08. The highest BCUT2D eigenvalue weighted by atomic mass is 16.5. The number of nitrogens with one attached hydrogen (secondary N) is 1. The van der Waals surface area contributed by atoms with Crippen LogP contribution in [0.25, 0.3) is 10.9 Å². The molecule has 2 aliphatic heterocycles. The molecular weight excluding hydrogens is 428 g/mol. The van der Waals surface area contributed by atoms with Gasteiger partial charge in [-0.25, -0.2) is 4.79 Å². The van der Waals surface area contributed by atoms with E-state index < -0.39 is 0 Å². The number of aliphatic hydroxyl groups excluding tert-OH is 1. The molecule has 2 amide bonds. The number of carbonyl (C=O) groups excluding carboxylic acids is 1. The number of nitrogens with zero attached hydrogens (tertiary/aromatic N) is 3. The molecule has 3 aliphatic rings. The van der Waals surface area contributed by atoms with Crippen molar-refractivity contribution in [2.24, 2.45) is 13.0 Å². The molecule has 3 aromatic rings. The SMILES string of the molecule is COc1ccc2c3c(n(C)c2c1)[C@@H](CO)N(CC1CC1)CC31CN(C(=O)Nc2ccccc2)C1. The Balaban J connectivity index is 1.38. The number of ether oxygens (including phenoxy) is 1. The Labute approximate surface area is 199 Å². The van der Waals surface area contributed by atoms with E-state index in [0.717, 1.165) is 36.0 Å². The normalized spacial score (nSPS) is 21.4. The lowest BCUT2D eigenvalue weighted by molar-refractivity contribution is 0.0130. The van der Waals surface area contributed by atoms with Crippen LogP contribution >= 0.6 is 0 Å². The Bertz CT molecular complexity index is 1230. The first-order chi connectivity index (χ1) is 16.5. The van der Waals surface area contributed by atoms with Gasteiger partial charge in [-0.1, -0.05) is 18.2 Å². The summed E-state index contributed by atoms with van der Waals surface area (Å²) in [5, 5.41) is 14.7. The number of para-hydroxylation sites is 1. The zero-order valence-electron chi connectivity index (χ0n) is 19.8. The van der Waals surface area contributed by atoms with Crippen molar-refractivity contribution >= 4 is 22.6 Å². The van der Waals surface area contributed by atoms with Crippen LogP contribution in [0.15, 0.2) is 48.5 Å². The summed E-state index contributed by atoms with van der Waals surface area (Å²) in [6.45, 7) is 3.30. The molecule has 6 rings (SSSR count). The zero-order chi connectivity index (χ0) is 23.4. The van der Waals surface area contributed by atoms with Crippen molar-refractivity contribution in [3.63, 3.8) is 0 Å². The van der Waals surface area contributed by atoms with E-state index in [1.165, 1.54) is 29.5 Å². The molecule has 7 heteroatoms. The molecule has 7 nitrogen and oxygen atoms in total. The molecule has 0 bridgehead atoms. The summed E-state index contributed by atoms with van der Waals surface area (Å²) in [7, 11) is 3.78. The quantitative estimate of drug-likeness (QED) is 0.609. The third-order valence-electron chi connectivity index (χ3n) is 7.91. The number of aromatic nitrogens is 1. The number of anilines is 1. The van der Waals surface area contributed by atoms with E-state index in [1.807, 2.05) is 41.3 Å². The smallest absolute Gasteiger partial charge is 0.321 e. The van der Waals surface area contributed by atoms with Crippen molar-refractivity contribution in [1.29, 1.82) is 0 Å². The molecule has 1 spiro atoms. The maximum atomic E-state index is 13.0. The molecule has 3 heterocycles. The average molecular weight is 461 g/mol. The molecule has 1 saturated carbocycles. The Morgan fingerprint density at radius 2 is 1.91 bits per heavy atom. The number of aryl methyl sites for hydroxylation is 1. The summed E-state index contributed by atoms with van der Waals surface area (Å²) < 4.78 is 7.75. The van der Waals surface area contributed by atoms with Gasteiger partial charge in [-0.05, 0) is 48.6 Å². The molecule has 34 heavy (non-hydrogen) atoms. The van der Waals surface area contributed by atoms with Crippen molar-refractivity contribution in [3.05, 3.63) is 59.8 Å². The van der Waals surface area contributed by atoms with Crippen molar-refractivity contribution in [1.82, 2.24) is 14.4 Å². The Morgan fingerprint density at radius 1 is 1.15 bits per heavy atom. The van der Waals surface area contributed by atoms with Gasteiger partial charge in [0.05, 0.1) is 25.3 Å². The number of hydrogen-bond acceptors (Lipinski definition) is 4. The van der Waals surface area contributed by atoms with Gasteiger partial charge in [-0.15, -0.1) is 0 Å². The standard InChI is InChI=1S/C27H32N4O3/c1-29-22-12-20(34-2)10-11-21(22)24-25(29)23(14-32)30(13-18-8-9-18)15-27(24)16-31(17-27)26(33)28-19-6-4-3-5-7-19/h3-7,10-12,18,23,32H,8-9,13-17H2,1-2H3,(H,28,33)/t23-/m1/s1. The van der Waals surface area contributed by atoms with Crippen LogP contribution in [0.4, 0.5) is 10.5 Å². The summed E-state index contributed by atoms with van der Waals surface area (Å²) in [5.41, 5.74) is 4.26. The maximum absolute atomic E-state index is 13.0. The van der Waals surface area contributed by atoms with Gasteiger partial charge in [0, 0.05) is 61.5 Å². The zero-order valence-corrected chi connectivity index (χ0v) is 19.8. The van der Waals surface area contributed by atoms with Gasteiger partial charge in [-0.2, -0.15) is 0 Å². The van der Waals surface area contributed by atoms with E-state index in [0.29, 0.717) is 13.1 Å². The lowest BCUT2D eigenvalue weighted by Crippen LogP contribution is -2.68. The first kappa shape index (κ1) is 21.5. The molecule has 1 atom stereocenters. The highest BCUT2D eigenvalue weighted by Crippen LogP contribution is 2.50. The fourth-order valence-corrected chi connectivity index (χ4v) is 6.10. The number of amides is 2. The van der Waals surface area contributed by atoms with Crippen LogP contribution in [0.2, 0.25) is 0 Å². The average Bonchev–Trinajstić information content (AvgIpc) is 3.60. The summed E-state index contributed by atoms with van der Waals surface area (Å²) in [5.74, 6) is 1.55. The van der Waals surface area contributed by atoms with Gasteiger partial charge in [0.25, 0.3) is 0 Å². The number of fused-ring (bicyclic) bond motifs is 4. The van der Waals surface area contributed by atoms with Gasteiger partial charge >= 0.3 is 6.03 Å². The monoisotopic (exact) mass is 460 g/mol. The van der Waals surface area contributed by atoms with Crippen LogP contribution in [-0.2, 0) is 12.5 Å². The molecule has 2 N–H and O–H groups in total. The van der Waals surface area contributed by atoms with Crippen LogP contribution in [0.1, 0.15) is 30.1 Å². The van der Waals surface area contributed by atoms with E-state index in [9.17, 15) is 9.90 Å². The van der Waals surface area contributed by atoms with Gasteiger partial charge in [-0.3, -0.25) is 4.90 Å². The highest BCUT2D eigenvalue weighted by Gasteiger charge is 2.55. The second-order valence-corrected chi connectivity index (χ2v) is 10.2. The number of carbonyl (C=O) groups is 1. The fourth-order valence-electron chi connectivity index (χ4n) is 6.10. The van der Waals surface area contributed by atoms with Crippen molar-refractivity contribution < 1.29 is 14.6 Å². The Morgan fingerprint density at radius 3 is 2.59 bits per heavy atom. The van der Waals surface area contributed by atoms with E-state index in [2.05, 4.69) is 34.0 Å². The van der Waals surface area contributed by atoms with Crippen molar-refractivity contribution in [3.8, 4) is 5.75 Å². The number of benzene rings is 2. The van der Waals surface area contributed by atoms with Crippen molar-refractivity contribution in [2.75, 3.05) is 45.2 Å². The van der Waals surface area contributed by atoms with E-state index in [4.69, 9.17) is 4.74 Å². The fraction of sp³-hybridized carbons (Fsp3) is 0.444. The number of hydrogen-bond donors (Lipinski definition) is 2. The van der Waals surface area contributed by atoms with Crippen LogP contribution < -0.4 is 10.1 Å². The number of methoxy groups -OCH3 is 1. The van der Waals surface area contributed by atoms with Crippen LogP contribution in [-0.4, -0.2) is 65.4 Å². The lowest BCUT2D eigenvalue weighted by Gasteiger charge is -2.56. The minimum atomic E-state index is -0.141. The molecule has 178 valence electrons. The van der Waals surface area contributed by atoms with E-state index in [1.54, 1.807) is 7.11 Å². The number of aliphatic hydroxyl groups is 1. The second-order valence-electron chi connectivity index (χ2n) is 10.2. The van der Waals surface area contributed by atoms with Crippen LogP contribution in [0.5, 0.6) is 5.75 Å². The topological polar surface area (TPSA) is 70.0 Å². The van der Waals surface area contributed by atoms with Crippen LogP contribution in [0, 0.1) is 5.92 Å². The van der Waals surface area contributed by atoms with E-state index in [-0.39, 0.29) is 24.1 Å². The summed E-state index contributed by atoms with van der Waals surface area (Å²) in [6, 6.07) is 15.8. The number of rotatable bonds is 5. The number of urea groups is 1. The van der Waals surface area contributed by atoms with E-state index >= 15 is 0 Å². The summed E-state index contributed by atoms with van der Waals surface area (Å²) >= 11 is 0. The summed E-state index contributed by atoms with van der Waals surface area (Å²) in [6.07, 6.45) is 2.54. The first-order valence-corrected chi connectivity index (χ1v) is 12.2. The molecule has 1 aromatic heterocycles. The van der Waals surface area contributed by atoms with Gasteiger partial charge < -0.3 is 24.6 Å². The van der Waals surface area contributed by atoms with Gasteiger partial charge in [0.15, 0.2) is 0 Å². The third kappa shape index (κ3) is 3.37. The Hall–Kier alpha value is -3.03. The summed E-state index contributed by atoms with van der Waals surface area (Å²) in [4.78, 5) is 17.4. The van der Waals surface area contributed by atoms with Gasteiger partial charge in [0.2, 0.25) is 0 Å². The third-order valence-corrected chi connectivity index (χ3v) is 7.91. The maximum Gasteiger partial charge on any atom is 0.321 e. The molecule has 0 unspecified atom stereocenters. The minimum absolute atomic E-state index is 0.0307.